The Labute approximate surface area is 127 Å². The van der Waals surface area contributed by atoms with Gasteiger partial charge in [0, 0.05) is 11.8 Å². The van der Waals surface area contributed by atoms with E-state index in [0.29, 0.717) is 0 Å². The van der Waals surface area contributed by atoms with E-state index in [1.54, 1.807) is 0 Å². The Balaban J connectivity index is 2.01. The number of nitro groups is 1. The largest absolute Gasteiger partial charge is 0.334 e. The SMILES string of the molecule is O=[N+]([O-])c1ccc(Cl)nc1Nc1cccc2c1CCCC2. The molecule has 0 amide bonds. The van der Waals surface area contributed by atoms with Crippen LogP contribution in [0.4, 0.5) is 17.2 Å². The van der Waals surface area contributed by atoms with Gasteiger partial charge in [0.05, 0.1) is 4.92 Å². The first kappa shape index (κ1) is 13.8. The molecule has 0 bridgehead atoms. The van der Waals surface area contributed by atoms with Crippen molar-refractivity contribution < 1.29 is 4.92 Å². The van der Waals surface area contributed by atoms with Crippen molar-refractivity contribution in [3.8, 4) is 0 Å². The number of aryl methyl sites for hydroxylation is 1. The molecule has 1 aliphatic carbocycles. The second-order valence-electron chi connectivity index (χ2n) is 5.03. The predicted octanol–water partition coefficient (Wildman–Crippen LogP) is 4.27. The quantitative estimate of drug-likeness (QED) is 0.522. The van der Waals surface area contributed by atoms with Crippen molar-refractivity contribution in [1.82, 2.24) is 4.98 Å². The summed E-state index contributed by atoms with van der Waals surface area (Å²) in [5.41, 5.74) is 3.33. The monoisotopic (exact) mass is 303 g/mol. The summed E-state index contributed by atoms with van der Waals surface area (Å²) in [6.07, 6.45) is 4.35. The van der Waals surface area contributed by atoms with Crippen molar-refractivity contribution in [3.63, 3.8) is 0 Å². The topological polar surface area (TPSA) is 68.1 Å². The van der Waals surface area contributed by atoms with Crippen LogP contribution < -0.4 is 5.32 Å². The molecule has 0 unspecified atom stereocenters. The number of hydrogen-bond acceptors (Lipinski definition) is 4. The van der Waals surface area contributed by atoms with Crippen molar-refractivity contribution in [2.45, 2.75) is 25.7 Å². The molecule has 5 nitrogen and oxygen atoms in total. The predicted molar refractivity (Wildman–Crippen MR) is 82.3 cm³/mol. The number of hydrogen-bond donors (Lipinski definition) is 1. The second kappa shape index (κ2) is 5.69. The Morgan fingerprint density at radius 2 is 2.00 bits per heavy atom. The fraction of sp³-hybridized carbons (Fsp3) is 0.267. The minimum atomic E-state index is -0.457. The molecule has 1 aromatic carbocycles. The molecular weight excluding hydrogens is 290 g/mol. The number of rotatable bonds is 3. The first-order valence-electron chi connectivity index (χ1n) is 6.84. The number of benzene rings is 1. The molecular formula is C15H14ClN3O2. The van der Waals surface area contributed by atoms with E-state index in [1.807, 2.05) is 12.1 Å². The van der Waals surface area contributed by atoms with E-state index in [-0.39, 0.29) is 16.7 Å². The van der Waals surface area contributed by atoms with Crippen LogP contribution in [0.2, 0.25) is 5.15 Å². The van der Waals surface area contributed by atoms with Crippen LogP contribution in [0.1, 0.15) is 24.0 Å². The maximum Gasteiger partial charge on any atom is 0.311 e. The van der Waals surface area contributed by atoms with E-state index in [9.17, 15) is 10.1 Å². The molecule has 2 aromatic rings. The van der Waals surface area contributed by atoms with E-state index in [4.69, 9.17) is 11.6 Å². The molecule has 0 radical (unpaired) electrons. The lowest BCUT2D eigenvalue weighted by Crippen LogP contribution is -2.07. The normalized spacial score (nSPS) is 13.6. The molecule has 1 N–H and O–H groups in total. The number of anilines is 2. The fourth-order valence-corrected chi connectivity index (χ4v) is 2.84. The van der Waals surface area contributed by atoms with Crippen molar-refractivity contribution in [2.24, 2.45) is 0 Å². The lowest BCUT2D eigenvalue weighted by molar-refractivity contribution is -0.384. The molecule has 1 aliphatic rings. The molecule has 3 rings (SSSR count). The molecule has 0 aliphatic heterocycles. The van der Waals surface area contributed by atoms with Gasteiger partial charge in [0.15, 0.2) is 0 Å². The van der Waals surface area contributed by atoms with Gasteiger partial charge in [-0.25, -0.2) is 4.98 Å². The number of aromatic nitrogens is 1. The second-order valence-corrected chi connectivity index (χ2v) is 5.42. The summed E-state index contributed by atoms with van der Waals surface area (Å²) in [4.78, 5) is 14.7. The van der Waals surface area contributed by atoms with Gasteiger partial charge in [0.25, 0.3) is 0 Å². The third-order valence-corrected chi connectivity index (χ3v) is 3.90. The maximum absolute atomic E-state index is 11.1. The van der Waals surface area contributed by atoms with Gasteiger partial charge in [-0.15, -0.1) is 0 Å². The first-order valence-corrected chi connectivity index (χ1v) is 7.21. The molecule has 21 heavy (non-hydrogen) atoms. The third-order valence-electron chi connectivity index (χ3n) is 3.69. The van der Waals surface area contributed by atoms with Gasteiger partial charge < -0.3 is 5.32 Å². The van der Waals surface area contributed by atoms with Crippen molar-refractivity contribution in [3.05, 3.63) is 56.7 Å². The highest BCUT2D eigenvalue weighted by Crippen LogP contribution is 2.32. The van der Waals surface area contributed by atoms with Gasteiger partial charge in [-0.1, -0.05) is 23.7 Å². The zero-order chi connectivity index (χ0) is 14.8. The minimum Gasteiger partial charge on any atom is -0.334 e. The highest BCUT2D eigenvalue weighted by Gasteiger charge is 2.19. The van der Waals surface area contributed by atoms with Gasteiger partial charge in [-0.2, -0.15) is 0 Å². The number of nitrogens with zero attached hydrogens (tertiary/aromatic N) is 2. The summed E-state index contributed by atoms with van der Waals surface area (Å²) >= 11 is 5.86. The van der Waals surface area contributed by atoms with Gasteiger partial charge >= 0.3 is 5.69 Å². The Morgan fingerprint density at radius 3 is 2.81 bits per heavy atom. The summed E-state index contributed by atoms with van der Waals surface area (Å²) in [6.45, 7) is 0. The van der Waals surface area contributed by atoms with Crippen LogP contribution >= 0.6 is 11.6 Å². The van der Waals surface area contributed by atoms with Crippen LogP contribution in [0.25, 0.3) is 0 Å². The molecule has 0 saturated carbocycles. The molecule has 108 valence electrons. The lowest BCUT2D eigenvalue weighted by atomic mass is 9.90. The Bertz CT molecular complexity index is 703. The lowest BCUT2D eigenvalue weighted by Gasteiger charge is -2.19. The summed E-state index contributed by atoms with van der Waals surface area (Å²) in [5.74, 6) is 0.187. The molecule has 6 heteroatoms. The van der Waals surface area contributed by atoms with E-state index in [0.717, 1.165) is 24.9 Å². The Hall–Kier alpha value is -2.14. The molecule has 0 spiro atoms. The van der Waals surface area contributed by atoms with Crippen LogP contribution in [-0.2, 0) is 12.8 Å². The third kappa shape index (κ3) is 2.83. The van der Waals surface area contributed by atoms with Gasteiger partial charge in [0.1, 0.15) is 5.15 Å². The average molecular weight is 304 g/mol. The summed E-state index contributed by atoms with van der Waals surface area (Å²) in [7, 11) is 0. The number of fused-ring (bicyclic) bond motifs is 1. The molecule has 0 saturated heterocycles. The number of halogens is 1. The van der Waals surface area contributed by atoms with E-state index < -0.39 is 4.92 Å². The standard InChI is InChI=1S/C15H14ClN3O2/c16-14-9-8-13(19(20)21)15(18-14)17-12-7-3-5-10-4-1-2-6-11(10)12/h3,5,7-9H,1-2,4,6H2,(H,17,18). The van der Waals surface area contributed by atoms with Crippen LogP contribution in [0.5, 0.6) is 0 Å². The van der Waals surface area contributed by atoms with E-state index >= 15 is 0 Å². The van der Waals surface area contributed by atoms with Crippen molar-refractivity contribution in [1.29, 1.82) is 0 Å². The summed E-state index contributed by atoms with van der Waals surface area (Å²) in [6, 6.07) is 8.79. The molecule has 0 fully saturated rings. The molecule has 1 aromatic heterocycles. The Kier molecular flexibility index (Phi) is 3.75. The fourth-order valence-electron chi connectivity index (χ4n) is 2.69. The zero-order valence-corrected chi connectivity index (χ0v) is 12.1. The van der Waals surface area contributed by atoms with E-state index in [1.165, 1.54) is 29.7 Å². The van der Waals surface area contributed by atoms with Gasteiger partial charge in [0.2, 0.25) is 5.82 Å². The van der Waals surface area contributed by atoms with Crippen LogP contribution in [0, 0.1) is 10.1 Å². The van der Waals surface area contributed by atoms with E-state index in [2.05, 4.69) is 16.4 Å². The average Bonchev–Trinajstić information content (AvgIpc) is 2.47. The zero-order valence-electron chi connectivity index (χ0n) is 11.3. The van der Waals surface area contributed by atoms with Gasteiger partial charge in [-0.05, 0) is 48.9 Å². The maximum atomic E-state index is 11.1. The Morgan fingerprint density at radius 1 is 1.19 bits per heavy atom. The number of nitrogens with one attached hydrogen (secondary N) is 1. The number of pyridine rings is 1. The summed E-state index contributed by atoms with van der Waals surface area (Å²) in [5, 5.41) is 14.4. The highest BCUT2D eigenvalue weighted by atomic mass is 35.5. The highest BCUT2D eigenvalue weighted by molar-refractivity contribution is 6.29. The first-order chi connectivity index (χ1) is 10.1. The van der Waals surface area contributed by atoms with Crippen LogP contribution in [0.3, 0.4) is 0 Å². The van der Waals surface area contributed by atoms with Gasteiger partial charge in [-0.3, -0.25) is 10.1 Å². The van der Waals surface area contributed by atoms with Crippen molar-refractivity contribution >= 4 is 28.8 Å². The molecule has 1 heterocycles. The van der Waals surface area contributed by atoms with Crippen LogP contribution in [-0.4, -0.2) is 9.91 Å². The van der Waals surface area contributed by atoms with Crippen LogP contribution in [0.15, 0.2) is 30.3 Å². The minimum absolute atomic E-state index is 0.0761. The molecule has 0 atom stereocenters. The van der Waals surface area contributed by atoms with Crippen molar-refractivity contribution in [2.75, 3.05) is 5.32 Å². The smallest absolute Gasteiger partial charge is 0.311 e. The summed E-state index contributed by atoms with van der Waals surface area (Å²) < 4.78 is 0.